The van der Waals surface area contributed by atoms with E-state index in [4.69, 9.17) is 0 Å². The summed E-state index contributed by atoms with van der Waals surface area (Å²) in [5, 5.41) is 1.29. The molecule has 4 nitrogen and oxygen atoms in total. The Labute approximate surface area is 119 Å². The minimum absolute atomic E-state index is 0.857. The highest BCUT2D eigenvalue weighted by Gasteiger charge is 2.33. The second-order valence-electron chi connectivity index (χ2n) is 5.07. The fraction of sp³-hybridized carbons (Fsp3) is 0.133. The maximum absolute atomic E-state index is 4.56. The van der Waals surface area contributed by atoms with Gasteiger partial charge in [0.05, 0.1) is 18.3 Å². The molecule has 1 aliphatic heterocycles. The van der Waals surface area contributed by atoms with Crippen molar-refractivity contribution in [3.63, 3.8) is 0 Å². The summed E-state index contributed by atoms with van der Waals surface area (Å²) in [5.74, 6) is 0. The standard InChI is InChI=1S/C15H11N4S/c1-18-11-5-3-7-17-12(11)13-14(18)19-8-10-9(15(19)20-13)4-2-6-16-10/h2-7H,8H2,1H3/q+1. The molecule has 5 heterocycles. The third-order valence-electron chi connectivity index (χ3n) is 4.01. The lowest BCUT2D eigenvalue weighted by molar-refractivity contribution is -0.645. The van der Waals surface area contributed by atoms with Crippen molar-refractivity contribution in [2.24, 2.45) is 7.05 Å². The minimum Gasteiger partial charge on any atom is -0.256 e. The molecule has 0 atom stereocenters. The molecule has 4 aromatic heterocycles. The zero-order chi connectivity index (χ0) is 13.3. The number of hydrogen-bond acceptors (Lipinski definition) is 3. The van der Waals surface area contributed by atoms with Crippen molar-refractivity contribution >= 4 is 32.7 Å². The predicted octanol–water partition coefficient (Wildman–Crippen LogP) is 2.50. The molecule has 0 saturated heterocycles. The van der Waals surface area contributed by atoms with Crippen LogP contribution in [0.2, 0.25) is 0 Å². The van der Waals surface area contributed by atoms with Crippen LogP contribution in [0.5, 0.6) is 0 Å². The molecule has 0 fully saturated rings. The Hall–Kier alpha value is -2.27. The summed E-state index contributed by atoms with van der Waals surface area (Å²) in [7, 11) is 2.11. The van der Waals surface area contributed by atoms with Gasteiger partial charge < -0.3 is 0 Å². The Bertz CT molecular complexity index is 996. The van der Waals surface area contributed by atoms with Gasteiger partial charge in [-0.05, 0) is 24.3 Å². The second kappa shape index (κ2) is 3.43. The van der Waals surface area contributed by atoms with Gasteiger partial charge in [-0.2, -0.15) is 0 Å². The summed E-state index contributed by atoms with van der Waals surface area (Å²) in [5.41, 5.74) is 5.96. The van der Waals surface area contributed by atoms with Gasteiger partial charge in [-0.3, -0.25) is 9.97 Å². The van der Waals surface area contributed by atoms with Crippen molar-refractivity contribution in [2.45, 2.75) is 6.54 Å². The SMILES string of the molecule is Cn1c2cccnc2c2sc3[n+](c21)Cc1ncccc1-3. The molecule has 0 amide bonds. The van der Waals surface area contributed by atoms with Crippen LogP contribution in [-0.2, 0) is 13.6 Å². The first-order valence-electron chi connectivity index (χ1n) is 6.54. The zero-order valence-electron chi connectivity index (χ0n) is 10.9. The highest BCUT2D eigenvalue weighted by molar-refractivity contribution is 7.22. The molecule has 0 radical (unpaired) electrons. The molecule has 96 valence electrons. The van der Waals surface area contributed by atoms with Crippen LogP contribution in [0.15, 0.2) is 36.7 Å². The molecule has 5 rings (SSSR count). The van der Waals surface area contributed by atoms with Gasteiger partial charge in [0.15, 0.2) is 15.2 Å². The van der Waals surface area contributed by atoms with Crippen molar-refractivity contribution in [3.8, 4) is 10.6 Å². The number of nitrogens with zero attached hydrogens (tertiary/aromatic N) is 4. The smallest absolute Gasteiger partial charge is 0.256 e. The maximum Gasteiger partial charge on any atom is 0.303 e. The van der Waals surface area contributed by atoms with E-state index in [-0.39, 0.29) is 0 Å². The van der Waals surface area contributed by atoms with Crippen LogP contribution in [-0.4, -0.2) is 14.5 Å². The van der Waals surface area contributed by atoms with Gasteiger partial charge in [-0.15, -0.1) is 0 Å². The van der Waals surface area contributed by atoms with Gasteiger partial charge in [0, 0.05) is 12.4 Å². The van der Waals surface area contributed by atoms with Gasteiger partial charge in [-0.1, -0.05) is 11.3 Å². The molecule has 20 heavy (non-hydrogen) atoms. The van der Waals surface area contributed by atoms with E-state index >= 15 is 0 Å². The summed E-state index contributed by atoms with van der Waals surface area (Å²) >= 11 is 1.82. The van der Waals surface area contributed by atoms with Gasteiger partial charge in [0.25, 0.3) is 0 Å². The molecule has 0 unspecified atom stereocenters. The van der Waals surface area contributed by atoms with Crippen LogP contribution in [0.3, 0.4) is 0 Å². The first-order chi connectivity index (χ1) is 9.84. The normalized spacial score (nSPS) is 13.1. The first-order valence-corrected chi connectivity index (χ1v) is 7.36. The van der Waals surface area contributed by atoms with Crippen molar-refractivity contribution in [1.82, 2.24) is 14.5 Å². The number of pyridine rings is 2. The monoisotopic (exact) mass is 279 g/mol. The van der Waals surface area contributed by atoms with Gasteiger partial charge in [0.2, 0.25) is 0 Å². The number of hydrogen-bond donors (Lipinski definition) is 0. The lowest BCUT2D eigenvalue weighted by Crippen LogP contribution is -2.32. The topological polar surface area (TPSA) is 34.6 Å². The third-order valence-corrected chi connectivity index (χ3v) is 5.23. The summed E-state index contributed by atoms with van der Waals surface area (Å²) in [6, 6.07) is 8.29. The van der Waals surface area contributed by atoms with Crippen LogP contribution >= 0.6 is 11.3 Å². The molecule has 1 aliphatic rings. The van der Waals surface area contributed by atoms with Crippen LogP contribution in [0, 0.1) is 0 Å². The van der Waals surface area contributed by atoms with Crippen molar-refractivity contribution in [1.29, 1.82) is 0 Å². The van der Waals surface area contributed by atoms with Gasteiger partial charge in [0.1, 0.15) is 12.1 Å². The van der Waals surface area contributed by atoms with Crippen LogP contribution in [0.1, 0.15) is 5.69 Å². The first kappa shape index (κ1) is 10.5. The van der Waals surface area contributed by atoms with E-state index in [0.29, 0.717) is 0 Å². The number of aryl methyl sites for hydroxylation is 1. The van der Waals surface area contributed by atoms with E-state index < -0.39 is 0 Å². The maximum atomic E-state index is 4.56. The Balaban J connectivity index is 1.97. The second-order valence-corrected chi connectivity index (χ2v) is 6.07. The Morgan fingerprint density at radius 2 is 2.05 bits per heavy atom. The highest BCUT2D eigenvalue weighted by atomic mass is 32.1. The fourth-order valence-electron chi connectivity index (χ4n) is 3.12. The molecule has 0 aliphatic carbocycles. The van der Waals surface area contributed by atoms with Crippen LogP contribution in [0.25, 0.3) is 32.0 Å². The van der Waals surface area contributed by atoms with E-state index in [1.54, 1.807) is 0 Å². The fourth-order valence-corrected chi connectivity index (χ4v) is 4.46. The molecule has 0 saturated carbocycles. The van der Waals surface area contributed by atoms with Crippen molar-refractivity contribution < 1.29 is 4.57 Å². The molecule has 0 spiro atoms. The van der Waals surface area contributed by atoms with Crippen LogP contribution < -0.4 is 4.57 Å². The van der Waals surface area contributed by atoms with E-state index in [2.05, 4.69) is 38.3 Å². The lowest BCUT2D eigenvalue weighted by Gasteiger charge is -1.92. The summed E-state index contributed by atoms with van der Waals surface area (Å²) in [6.45, 7) is 0.857. The van der Waals surface area contributed by atoms with E-state index in [0.717, 1.165) is 12.1 Å². The van der Waals surface area contributed by atoms with E-state index in [1.807, 2.05) is 35.9 Å². The third kappa shape index (κ3) is 1.10. The number of aromatic nitrogens is 4. The minimum atomic E-state index is 0.857. The summed E-state index contributed by atoms with van der Waals surface area (Å²) in [6.07, 6.45) is 3.74. The molecule has 0 bridgehead atoms. The lowest BCUT2D eigenvalue weighted by atomic mass is 10.2. The van der Waals surface area contributed by atoms with Crippen molar-refractivity contribution in [2.75, 3.05) is 0 Å². The molecule has 0 N–H and O–H groups in total. The molecular formula is C15H11N4S+. The zero-order valence-corrected chi connectivity index (χ0v) is 11.7. The average molecular weight is 279 g/mol. The quantitative estimate of drug-likeness (QED) is 0.408. The van der Waals surface area contributed by atoms with Gasteiger partial charge >= 0.3 is 5.65 Å². The largest absolute Gasteiger partial charge is 0.303 e. The predicted molar refractivity (Wildman–Crippen MR) is 78.6 cm³/mol. The van der Waals surface area contributed by atoms with E-state index in [9.17, 15) is 0 Å². The Kier molecular flexibility index (Phi) is 1.80. The van der Waals surface area contributed by atoms with Crippen LogP contribution in [0.4, 0.5) is 0 Å². The number of fused-ring (bicyclic) bond motifs is 7. The summed E-state index contributed by atoms with van der Waals surface area (Å²) < 4.78 is 5.87. The number of thiazole rings is 1. The molecule has 5 heteroatoms. The Morgan fingerprint density at radius 3 is 3.00 bits per heavy atom. The average Bonchev–Trinajstić information content (AvgIpc) is 3.09. The molecule has 0 aromatic carbocycles. The molecular weight excluding hydrogens is 268 g/mol. The summed E-state index contributed by atoms with van der Waals surface area (Å²) in [4.78, 5) is 9.06. The molecule has 4 aromatic rings. The van der Waals surface area contributed by atoms with Crippen molar-refractivity contribution in [3.05, 3.63) is 42.4 Å². The van der Waals surface area contributed by atoms with Gasteiger partial charge in [-0.25, -0.2) is 9.13 Å². The highest BCUT2D eigenvalue weighted by Crippen LogP contribution is 2.38. The Morgan fingerprint density at radius 1 is 1.20 bits per heavy atom. The van der Waals surface area contributed by atoms with E-state index in [1.165, 1.54) is 32.1 Å². The number of rotatable bonds is 0.